The van der Waals surface area contributed by atoms with Gasteiger partial charge in [-0.2, -0.15) is 4.31 Å². The molecule has 1 rings (SSSR count). The molecule has 0 heterocycles. The lowest BCUT2D eigenvalue weighted by atomic mass is 10.1. The molecule has 4 nitrogen and oxygen atoms in total. The average Bonchev–Trinajstić information content (AvgIpc) is 2.39. The van der Waals surface area contributed by atoms with Gasteiger partial charge in [-0.3, -0.25) is 0 Å². The Balaban J connectivity index is 2.88. The van der Waals surface area contributed by atoms with Crippen LogP contribution in [0.1, 0.15) is 24.5 Å². The van der Waals surface area contributed by atoms with Gasteiger partial charge in [0.25, 0.3) is 0 Å². The minimum Gasteiger partial charge on any atom is -0.316 e. The van der Waals surface area contributed by atoms with Crippen LogP contribution in [0.25, 0.3) is 0 Å². The van der Waals surface area contributed by atoms with Gasteiger partial charge in [-0.15, -0.1) is 6.58 Å². The van der Waals surface area contributed by atoms with E-state index >= 15 is 0 Å². The average molecular weight is 296 g/mol. The van der Waals surface area contributed by atoms with Gasteiger partial charge in [0.1, 0.15) is 0 Å². The predicted molar refractivity (Wildman–Crippen MR) is 83.9 cm³/mol. The fourth-order valence-electron chi connectivity index (χ4n) is 2.07. The lowest BCUT2D eigenvalue weighted by molar-refractivity contribution is 0.441. The second-order valence-electron chi connectivity index (χ2n) is 4.75. The summed E-state index contributed by atoms with van der Waals surface area (Å²) in [6.07, 6.45) is 2.43. The zero-order chi connectivity index (χ0) is 15.0. The van der Waals surface area contributed by atoms with E-state index in [9.17, 15) is 8.42 Å². The first-order valence-corrected chi connectivity index (χ1v) is 8.45. The van der Waals surface area contributed by atoms with Gasteiger partial charge in [0, 0.05) is 19.6 Å². The number of nitrogens with zero attached hydrogens (tertiary/aromatic N) is 1. The van der Waals surface area contributed by atoms with Crippen LogP contribution in [0, 0.1) is 0 Å². The quantitative estimate of drug-likeness (QED) is 0.710. The van der Waals surface area contributed by atoms with E-state index in [0.717, 1.165) is 24.1 Å². The van der Waals surface area contributed by atoms with Gasteiger partial charge in [0.05, 0.1) is 5.75 Å². The molecule has 0 saturated heterocycles. The zero-order valence-electron chi connectivity index (χ0n) is 12.3. The molecule has 0 aliphatic heterocycles. The second kappa shape index (κ2) is 8.19. The van der Waals surface area contributed by atoms with Crippen LogP contribution in [-0.2, 0) is 22.3 Å². The molecular formula is C15H24N2O2S. The molecular weight excluding hydrogens is 272 g/mol. The number of sulfonamides is 1. The lowest BCUT2D eigenvalue weighted by Gasteiger charge is -2.20. The molecule has 0 saturated carbocycles. The Morgan fingerprint density at radius 1 is 1.35 bits per heavy atom. The molecule has 5 heteroatoms. The molecule has 0 aliphatic rings. The van der Waals surface area contributed by atoms with E-state index in [0.29, 0.717) is 13.1 Å². The van der Waals surface area contributed by atoms with E-state index in [1.807, 2.05) is 38.2 Å². The predicted octanol–water partition coefficient (Wildman–Crippen LogP) is 2.13. The third-order valence-electron chi connectivity index (χ3n) is 2.92. The van der Waals surface area contributed by atoms with Gasteiger partial charge in [0.15, 0.2) is 0 Å². The molecule has 112 valence electrons. The highest BCUT2D eigenvalue weighted by atomic mass is 32.2. The Labute approximate surface area is 122 Å². The van der Waals surface area contributed by atoms with Crippen molar-refractivity contribution in [3.63, 3.8) is 0 Å². The van der Waals surface area contributed by atoms with Crippen LogP contribution >= 0.6 is 0 Å². The van der Waals surface area contributed by atoms with Crippen LogP contribution in [0.3, 0.4) is 0 Å². The zero-order valence-corrected chi connectivity index (χ0v) is 13.1. The molecule has 0 spiro atoms. The maximum Gasteiger partial charge on any atom is 0.218 e. The van der Waals surface area contributed by atoms with E-state index in [1.54, 1.807) is 6.08 Å². The summed E-state index contributed by atoms with van der Waals surface area (Å²) in [6.45, 7) is 7.23. The number of hydrogen-bond donors (Lipinski definition) is 1. The summed E-state index contributed by atoms with van der Waals surface area (Å²) in [5, 5.41) is 3.06. The minimum atomic E-state index is -3.29. The molecule has 0 unspecified atom stereocenters. The molecule has 0 atom stereocenters. The van der Waals surface area contributed by atoms with E-state index in [1.165, 1.54) is 4.31 Å². The number of rotatable bonds is 9. The van der Waals surface area contributed by atoms with Gasteiger partial charge >= 0.3 is 0 Å². The lowest BCUT2D eigenvalue weighted by Crippen LogP contribution is -2.33. The number of benzene rings is 1. The van der Waals surface area contributed by atoms with Crippen molar-refractivity contribution in [3.8, 4) is 0 Å². The van der Waals surface area contributed by atoms with Crippen molar-refractivity contribution in [2.75, 3.05) is 20.1 Å². The summed E-state index contributed by atoms with van der Waals surface area (Å²) >= 11 is 0. The highest BCUT2D eigenvalue weighted by Gasteiger charge is 2.20. The number of nitrogens with one attached hydrogen (secondary N) is 1. The van der Waals surface area contributed by atoms with Crippen molar-refractivity contribution in [1.29, 1.82) is 0 Å². The fraction of sp³-hybridized carbons (Fsp3) is 0.467. The molecule has 0 amide bonds. The van der Waals surface area contributed by atoms with E-state index in [2.05, 4.69) is 11.9 Å². The van der Waals surface area contributed by atoms with Gasteiger partial charge < -0.3 is 5.32 Å². The maximum atomic E-state index is 12.4. The molecule has 1 aromatic carbocycles. The smallest absolute Gasteiger partial charge is 0.218 e. The van der Waals surface area contributed by atoms with Crippen molar-refractivity contribution < 1.29 is 8.42 Å². The first-order chi connectivity index (χ1) is 9.53. The highest BCUT2D eigenvalue weighted by Crippen LogP contribution is 2.13. The second-order valence-corrected chi connectivity index (χ2v) is 6.72. The van der Waals surface area contributed by atoms with Crippen molar-refractivity contribution in [2.45, 2.75) is 25.6 Å². The SMILES string of the molecule is C=CCN(CCC)S(=O)(=O)Cc1cccc(CNC)c1. The molecule has 0 radical (unpaired) electrons. The summed E-state index contributed by atoms with van der Waals surface area (Å²) in [6, 6.07) is 7.68. The minimum absolute atomic E-state index is 0.0401. The Kier molecular flexibility index (Phi) is 6.91. The van der Waals surface area contributed by atoms with E-state index in [-0.39, 0.29) is 5.75 Å². The molecule has 20 heavy (non-hydrogen) atoms. The molecule has 0 bridgehead atoms. The van der Waals surface area contributed by atoms with Crippen molar-refractivity contribution >= 4 is 10.0 Å². The van der Waals surface area contributed by atoms with Crippen molar-refractivity contribution in [3.05, 3.63) is 48.0 Å². The van der Waals surface area contributed by atoms with Crippen molar-refractivity contribution in [2.24, 2.45) is 0 Å². The normalized spacial score (nSPS) is 11.8. The van der Waals surface area contributed by atoms with E-state index in [4.69, 9.17) is 0 Å². The largest absolute Gasteiger partial charge is 0.316 e. The highest BCUT2D eigenvalue weighted by molar-refractivity contribution is 7.88. The first kappa shape index (κ1) is 16.9. The summed E-state index contributed by atoms with van der Waals surface area (Å²) in [7, 11) is -1.42. The summed E-state index contributed by atoms with van der Waals surface area (Å²) in [4.78, 5) is 0. The van der Waals surface area contributed by atoms with Crippen LogP contribution in [0.15, 0.2) is 36.9 Å². The molecule has 0 aliphatic carbocycles. The van der Waals surface area contributed by atoms with Gasteiger partial charge in [-0.25, -0.2) is 8.42 Å². The van der Waals surface area contributed by atoms with E-state index < -0.39 is 10.0 Å². The monoisotopic (exact) mass is 296 g/mol. The van der Waals surface area contributed by atoms with Crippen LogP contribution in [0.2, 0.25) is 0 Å². The van der Waals surface area contributed by atoms with Gasteiger partial charge in [-0.1, -0.05) is 37.3 Å². The standard InChI is InChI=1S/C15H24N2O2S/c1-4-9-17(10-5-2)20(18,19)13-15-8-6-7-14(11-15)12-16-3/h4,6-8,11,16H,1,5,9-10,12-13H2,2-3H3. The Bertz CT molecular complexity index is 526. The van der Waals surface area contributed by atoms with Crippen LogP contribution < -0.4 is 5.32 Å². The topological polar surface area (TPSA) is 49.4 Å². The first-order valence-electron chi connectivity index (χ1n) is 6.84. The van der Waals surface area contributed by atoms with Crippen LogP contribution in [0.4, 0.5) is 0 Å². The molecule has 1 N–H and O–H groups in total. The maximum absolute atomic E-state index is 12.4. The molecule has 1 aromatic rings. The number of hydrogen-bond acceptors (Lipinski definition) is 3. The van der Waals surface area contributed by atoms with Crippen molar-refractivity contribution in [1.82, 2.24) is 9.62 Å². The van der Waals surface area contributed by atoms with Crippen LogP contribution in [-0.4, -0.2) is 32.9 Å². The fourth-order valence-corrected chi connectivity index (χ4v) is 3.65. The third kappa shape index (κ3) is 5.07. The van der Waals surface area contributed by atoms with Crippen LogP contribution in [0.5, 0.6) is 0 Å². The summed E-state index contributed by atoms with van der Waals surface area (Å²) in [5.41, 5.74) is 1.91. The summed E-state index contributed by atoms with van der Waals surface area (Å²) in [5.74, 6) is 0.0401. The summed E-state index contributed by atoms with van der Waals surface area (Å²) < 4.78 is 26.3. The third-order valence-corrected chi connectivity index (χ3v) is 4.74. The molecule has 0 aromatic heterocycles. The Morgan fingerprint density at radius 2 is 2.05 bits per heavy atom. The van der Waals surface area contributed by atoms with Gasteiger partial charge in [0.2, 0.25) is 10.0 Å². The molecule has 0 fully saturated rings. The van der Waals surface area contributed by atoms with Gasteiger partial charge in [-0.05, 0) is 24.6 Å². The Hall–Kier alpha value is -1.17. The Morgan fingerprint density at radius 3 is 2.65 bits per heavy atom.